The third-order valence-corrected chi connectivity index (χ3v) is 4.67. The van der Waals surface area contributed by atoms with E-state index in [0.717, 1.165) is 36.0 Å². The second-order valence-corrected chi connectivity index (χ2v) is 6.97. The number of rotatable bonds is 7. The zero-order valence-corrected chi connectivity index (χ0v) is 13.7. The van der Waals surface area contributed by atoms with Crippen molar-refractivity contribution in [2.24, 2.45) is 11.3 Å². The maximum atomic E-state index is 6.08. The van der Waals surface area contributed by atoms with E-state index in [2.05, 4.69) is 25.2 Å². The molecule has 1 aliphatic carbocycles. The largest absolute Gasteiger partial charge is 0.497 e. The van der Waals surface area contributed by atoms with Crippen LogP contribution in [0.1, 0.15) is 51.5 Å². The van der Waals surface area contributed by atoms with E-state index in [9.17, 15) is 0 Å². The number of benzene rings is 1. The summed E-state index contributed by atoms with van der Waals surface area (Å²) in [5.74, 6) is 1.60. The summed E-state index contributed by atoms with van der Waals surface area (Å²) in [5, 5.41) is 3.65. The van der Waals surface area contributed by atoms with Gasteiger partial charge in [0.05, 0.1) is 7.11 Å². The Kier molecular flexibility index (Phi) is 5.51. The predicted octanol–water partition coefficient (Wildman–Crippen LogP) is 3.97. The van der Waals surface area contributed by atoms with Crippen LogP contribution in [0.25, 0.3) is 0 Å². The average molecular weight is 290 g/mol. The van der Waals surface area contributed by atoms with E-state index in [1.165, 1.54) is 32.1 Å². The molecule has 2 rings (SSSR count). The summed E-state index contributed by atoms with van der Waals surface area (Å²) >= 11 is 0. The van der Waals surface area contributed by atoms with Gasteiger partial charge in [0.25, 0.3) is 0 Å². The molecule has 0 amide bonds. The Hall–Kier alpha value is -1.22. The van der Waals surface area contributed by atoms with Gasteiger partial charge in [-0.2, -0.15) is 0 Å². The molecule has 0 unspecified atom stereocenters. The summed E-state index contributed by atoms with van der Waals surface area (Å²) < 4.78 is 5.20. The first-order valence-electron chi connectivity index (χ1n) is 8.18. The van der Waals surface area contributed by atoms with Crippen molar-refractivity contribution in [3.63, 3.8) is 0 Å². The fraction of sp³-hybridized carbons (Fsp3) is 0.667. The lowest BCUT2D eigenvalue weighted by atomic mass is 9.78. The Morgan fingerprint density at radius 2 is 2.00 bits per heavy atom. The smallest absolute Gasteiger partial charge is 0.120 e. The fourth-order valence-corrected chi connectivity index (χ4v) is 3.77. The third-order valence-electron chi connectivity index (χ3n) is 4.67. The summed E-state index contributed by atoms with van der Waals surface area (Å²) in [6.07, 6.45) is 6.85. The van der Waals surface area contributed by atoms with Gasteiger partial charge < -0.3 is 15.8 Å². The van der Waals surface area contributed by atoms with Crippen LogP contribution in [0.5, 0.6) is 5.75 Å². The van der Waals surface area contributed by atoms with Gasteiger partial charge >= 0.3 is 0 Å². The highest BCUT2D eigenvalue weighted by atomic mass is 16.5. The highest BCUT2D eigenvalue weighted by Gasteiger charge is 2.33. The third kappa shape index (κ3) is 4.37. The second-order valence-electron chi connectivity index (χ2n) is 6.97. The zero-order chi connectivity index (χ0) is 15.3. The lowest BCUT2D eigenvalue weighted by Crippen LogP contribution is -2.33. The topological polar surface area (TPSA) is 47.3 Å². The fourth-order valence-electron chi connectivity index (χ4n) is 3.77. The van der Waals surface area contributed by atoms with Crippen molar-refractivity contribution < 1.29 is 4.74 Å². The van der Waals surface area contributed by atoms with Gasteiger partial charge in [-0.25, -0.2) is 0 Å². The molecule has 0 atom stereocenters. The number of nitrogens with one attached hydrogen (secondary N) is 1. The van der Waals surface area contributed by atoms with Gasteiger partial charge in [-0.1, -0.05) is 32.8 Å². The number of methoxy groups -OCH3 is 1. The molecule has 1 saturated carbocycles. The minimum Gasteiger partial charge on any atom is -0.497 e. The number of nitrogen functional groups attached to an aromatic ring is 1. The molecule has 0 radical (unpaired) electrons. The minimum atomic E-state index is 0.509. The molecule has 1 fully saturated rings. The number of anilines is 1. The van der Waals surface area contributed by atoms with E-state index in [0.29, 0.717) is 5.41 Å². The van der Waals surface area contributed by atoms with Gasteiger partial charge in [0.15, 0.2) is 0 Å². The Bertz CT molecular complexity index is 451. The highest BCUT2D eigenvalue weighted by molar-refractivity contribution is 5.51. The second kappa shape index (κ2) is 7.17. The molecule has 0 heterocycles. The van der Waals surface area contributed by atoms with E-state index in [-0.39, 0.29) is 0 Å². The van der Waals surface area contributed by atoms with E-state index < -0.39 is 0 Å². The molecule has 1 aliphatic rings. The maximum Gasteiger partial charge on any atom is 0.120 e. The van der Waals surface area contributed by atoms with E-state index in [1.807, 2.05) is 12.1 Å². The summed E-state index contributed by atoms with van der Waals surface area (Å²) in [4.78, 5) is 0. The molecule has 0 aromatic heterocycles. The number of hydrogen-bond acceptors (Lipinski definition) is 3. The van der Waals surface area contributed by atoms with Crippen LogP contribution in [0.3, 0.4) is 0 Å². The van der Waals surface area contributed by atoms with Crippen molar-refractivity contribution in [2.45, 2.75) is 52.5 Å². The molecular weight excluding hydrogens is 260 g/mol. The quantitative estimate of drug-likeness (QED) is 0.747. The van der Waals surface area contributed by atoms with Crippen molar-refractivity contribution in [3.05, 3.63) is 23.8 Å². The Balaban J connectivity index is 1.90. The van der Waals surface area contributed by atoms with Crippen molar-refractivity contribution in [1.29, 1.82) is 0 Å². The Morgan fingerprint density at radius 1 is 1.29 bits per heavy atom. The average Bonchev–Trinajstić information content (AvgIpc) is 2.88. The highest BCUT2D eigenvalue weighted by Crippen LogP contribution is 2.42. The van der Waals surface area contributed by atoms with E-state index in [1.54, 1.807) is 7.11 Å². The Morgan fingerprint density at radius 3 is 2.57 bits per heavy atom. The van der Waals surface area contributed by atoms with Crippen molar-refractivity contribution in [1.82, 2.24) is 5.32 Å². The van der Waals surface area contributed by atoms with Gasteiger partial charge in [0, 0.05) is 24.8 Å². The lowest BCUT2D eigenvalue weighted by molar-refractivity contribution is 0.223. The van der Waals surface area contributed by atoms with Crippen LogP contribution in [0, 0.1) is 11.3 Å². The molecule has 118 valence electrons. The maximum absolute atomic E-state index is 6.08. The van der Waals surface area contributed by atoms with Gasteiger partial charge in [0.1, 0.15) is 5.75 Å². The molecule has 3 N–H and O–H groups in total. The van der Waals surface area contributed by atoms with Crippen LogP contribution < -0.4 is 15.8 Å². The van der Waals surface area contributed by atoms with Gasteiger partial charge in [-0.3, -0.25) is 0 Å². The standard InChI is InChI=1S/C18H30N2O/c1-14(2)11-18(8-4-5-9-18)13-20-12-15-6-7-16(21-3)10-17(15)19/h6-7,10,14,20H,4-5,8-9,11-13,19H2,1-3H3. The van der Waals surface area contributed by atoms with Gasteiger partial charge in [-0.15, -0.1) is 0 Å². The molecule has 3 nitrogen and oxygen atoms in total. The first-order chi connectivity index (χ1) is 10.0. The summed E-state index contributed by atoms with van der Waals surface area (Å²) in [7, 11) is 1.67. The molecule has 1 aromatic carbocycles. The molecule has 0 aliphatic heterocycles. The SMILES string of the molecule is COc1ccc(CNCC2(CC(C)C)CCCC2)c(N)c1. The molecule has 0 saturated heterocycles. The molecule has 3 heteroatoms. The van der Waals surface area contributed by atoms with Crippen LogP contribution in [0.4, 0.5) is 5.69 Å². The molecule has 0 spiro atoms. The monoisotopic (exact) mass is 290 g/mol. The van der Waals surface area contributed by atoms with Crippen molar-refractivity contribution in [2.75, 3.05) is 19.4 Å². The van der Waals surface area contributed by atoms with E-state index in [4.69, 9.17) is 10.5 Å². The number of hydrogen-bond donors (Lipinski definition) is 2. The van der Waals surface area contributed by atoms with Crippen LogP contribution in [0.15, 0.2) is 18.2 Å². The molecule has 21 heavy (non-hydrogen) atoms. The van der Waals surface area contributed by atoms with Crippen LogP contribution in [-0.2, 0) is 6.54 Å². The lowest BCUT2D eigenvalue weighted by Gasteiger charge is -2.31. The molecular formula is C18H30N2O. The van der Waals surface area contributed by atoms with Crippen molar-refractivity contribution >= 4 is 5.69 Å². The van der Waals surface area contributed by atoms with Crippen LogP contribution in [0.2, 0.25) is 0 Å². The first-order valence-corrected chi connectivity index (χ1v) is 8.18. The molecule has 1 aromatic rings. The number of ether oxygens (including phenoxy) is 1. The number of nitrogens with two attached hydrogens (primary N) is 1. The minimum absolute atomic E-state index is 0.509. The molecule has 0 bridgehead atoms. The normalized spacial score (nSPS) is 17.3. The zero-order valence-electron chi connectivity index (χ0n) is 13.7. The van der Waals surface area contributed by atoms with Crippen molar-refractivity contribution in [3.8, 4) is 5.75 Å². The van der Waals surface area contributed by atoms with Crippen LogP contribution in [-0.4, -0.2) is 13.7 Å². The van der Waals surface area contributed by atoms with Gasteiger partial charge in [-0.05, 0) is 42.2 Å². The predicted molar refractivity (Wildman–Crippen MR) is 89.5 cm³/mol. The van der Waals surface area contributed by atoms with E-state index >= 15 is 0 Å². The summed E-state index contributed by atoms with van der Waals surface area (Å²) in [6.45, 7) is 6.62. The van der Waals surface area contributed by atoms with Gasteiger partial charge in [0.2, 0.25) is 0 Å². The first kappa shape index (κ1) is 16.2. The Labute approximate surface area is 129 Å². The van der Waals surface area contributed by atoms with Crippen LogP contribution >= 0.6 is 0 Å². The summed E-state index contributed by atoms with van der Waals surface area (Å²) in [5.41, 5.74) is 8.57. The summed E-state index contributed by atoms with van der Waals surface area (Å²) in [6, 6.07) is 5.94.